The molecule has 6 heteroatoms. The summed E-state index contributed by atoms with van der Waals surface area (Å²) in [4.78, 5) is 12.0. The highest BCUT2D eigenvalue weighted by Crippen LogP contribution is 2.58. The van der Waals surface area contributed by atoms with Crippen molar-refractivity contribution in [2.24, 2.45) is 4.99 Å². The number of imidazole rings is 1. The maximum absolute atomic E-state index is 7.27. The van der Waals surface area contributed by atoms with Crippen molar-refractivity contribution in [1.82, 2.24) is 9.38 Å². The van der Waals surface area contributed by atoms with Crippen LogP contribution in [0.2, 0.25) is 0 Å². The Morgan fingerprint density at radius 3 is 2.59 bits per heavy atom. The molecule has 2 aliphatic heterocycles. The Morgan fingerprint density at radius 2 is 1.77 bits per heavy atom. The largest absolute Gasteiger partial charge is 0.470 e. The Hall–Kier alpha value is -4.58. The molecule has 0 fully saturated rings. The maximum Gasteiger partial charge on any atom is 0.209 e. The Labute approximate surface area is 228 Å². The number of ether oxygens (including phenoxy) is 2. The standard InChI is InChI=1S/C33H30N4O2/c1-5-34-22-12-14-25-29(19-22)38-28-16-13-23(36(6-2)7-3)20-26(28)33(25)32-31(35-30-10-8-9-17-37(30)32)24-18-21(4)11-15-27(24)39-33/h5,8-20H,6-7H2,1-4H3/b34-5+. The number of aliphatic imine (C=N–C) groups is 1. The van der Waals surface area contributed by atoms with E-state index < -0.39 is 5.60 Å². The molecule has 0 N–H and O–H groups in total. The quantitative estimate of drug-likeness (QED) is 0.231. The molecule has 4 heterocycles. The fourth-order valence-corrected chi connectivity index (χ4v) is 6.06. The highest BCUT2D eigenvalue weighted by atomic mass is 16.5. The summed E-state index contributed by atoms with van der Waals surface area (Å²) in [7, 11) is 0. The Kier molecular flexibility index (Phi) is 5.27. The summed E-state index contributed by atoms with van der Waals surface area (Å²) in [5.74, 6) is 2.30. The van der Waals surface area contributed by atoms with E-state index >= 15 is 0 Å². The smallest absolute Gasteiger partial charge is 0.209 e. The van der Waals surface area contributed by atoms with E-state index in [0.29, 0.717) is 0 Å². The van der Waals surface area contributed by atoms with Gasteiger partial charge in [-0.05, 0) is 82.3 Å². The number of anilines is 1. The van der Waals surface area contributed by atoms with E-state index in [1.807, 2.05) is 37.3 Å². The van der Waals surface area contributed by atoms with Crippen LogP contribution in [0.25, 0.3) is 16.9 Å². The van der Waals surface area contributed by atoms with Crippen LogP contribution in [-0.2, 0) is 5.60 Å². The Balaban J connectivity index is 1.62. The minimum Gasteiger partial charge on any atom is -0.470 e. The molecule has 1 atom stereocenters. The summed E-state index contributed by atoms with van der Waals surface area (Å²) >= 11 is 0. The van der Waals surface area contributed by atoms with Gasteiger partial charge in [-0.1, -0.05) is 17.7 Å². The number of aryl methyl sites for hydroxylation is 1. The third-order valence-electron chi connectivity index (χ3n) is 7.83. The van der Waals surface area contributed by atoms with Crippen LogP contribution in [-0.4, -0.2) is 28.7 Å². The van der Waals surface area contributed by atoms with Crippen molar-refractivity contribution in [3.05, 3.63) is 101 Å². The van der Waals surface area contributed by atoms with E-state index in [1.54, 1.807) is 6.21 Å². The summed E-state index contributed by atoms with van der Waals surface area (Å²) in [6, 6.07) is 25.0. The predicted molar refractivity (Wildman–Crippen MR) is 156 cm³/mol. The molecular formula is C33H30N4O2. The van der Waals surface area contributed by atoms with Crippen LogP contribution in [0, 0.1) is 6.92 Å². The Morgan fingerprint density at radius 1 is 0.923 bits per heavy atom. The van der Waals surface area contributed by atoms with E-state index in [2.05, 4.69) is 83.7 Å². The second kappa shape index (κ2) is 8.73. The van der Waals surface area contributed by atoms with Gasteiger partial charge in [0.25, 0.3) is 0 Å². The van der Waals surface area contributed by atoms with Gasteiger partial charge in [0.15, 0.2) is 0 Å². The van der Waals surface area contributed by atoms with Gasteiger partial charge in [0.05, 0.1) is 11.3 Å². The van der Waals surface area contributed by atoms with Crippen LogP contribution in [0.1, 0.15) is 43.2 Å². The van der Waals surface area contributed by atoms with Crippen molar-refractivity contribution < 1.29 is 9.47 Å². The molecule has 2 aromatic heterocycles. The summed E-state index contributed by atoms with van der Waals surface area (Å²) in [5.41, 5.74) is 7.81. The molecule has 39 heavy (non-hydrogen) atoms. The van der Waals surface area contributed by atoms with Crippen molar-refractivity contribution in [3.8, 4) is 28.5 Å². The summed E-state index contributed by atoms with van der Waals surface area (Å²) in [6.45, 7) is 10.2. The number of pyridine rings is 1. The molecule has 6 nitrogen and oxygen atoms in total. The molecule has 0 aliphatic carbocycles. The highest BCUT2D eigenvalue weighted by Gasteiger charge is 2.53. The van der Waals surface area contributed by atoms with Gasteiger partial charge in [0, 0.05) is 48.4 Å². The molecular weight excluding hydrogens is 484 g/mol. The molecule has 0 amide bonds. The number of benzene rings is 3. The number of aromatic nitrogens is 2. The average Bonchev–Trinajstić information content (AvgIpc) is 3.35. The number of fused-ring (bicyclic) bond motifs is 10. The van der Waals surface area contributed by atoms with Gasteiger partial charge in [0.1, 0.15) is 34.3 Å². The van der Waals surface area contributed by atoms with Crippen molar-refractivity contribution in [3.63, 3.8) is 0 Å². The molecule has 0 saturated carbocycles. The van der Waals surface area contributed by atoms with Gasteiger partial charge >= 0.3 is 0 Å². The first kappa shape index (κ1) is 23.5. The zero-order valence-electron chi connectivity index (χ0n) is 22.6. The molecule has 0 saturated heterocycles. The van der Waals surface area contributed by atoms with Crippen LogP contribution < -0.4 is 14.4 Å². The molecule has 2 aliphatic rings. The van der Waals surface area contributed by atoms with Gasteiger partial charge in [0.2, 0.25) is 5.60 Å². The van der Waals surface area contributed by atoms with Crippen LogP contribution in [0.5, 0.6) is 17.2 Å². The molecule has 0 bridgehead atoms. The van der Waals surface area contributed by atoms with E-state index in [4.69, 9.17) is 14.5 Å². The lowest BCUT2D eigenvalue weighted by molar-refractivity contribution is 0.132. The lowest BCUT2D eigenvalue weighted by Gasteiger charge is -2.43. The van der Waals surface area contributed by atoms with Crippen LogP contribution in [0.3, 0.4) is 0 Å². The average molecular weight is 515 g/mol. The van der Waals surface area contributed by atoms with Crippen molar-refractivity contribution >= 4 is 23.2 Å². The number of nitrogens with zero attached hydrogens (tertiary/aromatic N) is 4. The van der Waals surface area contributed by atoms with Crippen molar-refractivity contribution in [2.45, 2.75) is 33.3 Å². The van der Waals surface area contributed by atoms with Gasteiger partial charge in [-0.15, -0.1) is 0 Å². The first-order valence-electron chi connectivity index (χ1n) is 13.6. The maximum atomic E-state index is 7.27. The first-order valence-corrected chi connectivity index (χ1v) is 13.6. The summed E-state index contributed by atoms with van der Waals surface area (Å²) < 4.78 is 16.0. The van der Waals surface area contributed by atoms with Crippen LogP contribution >= 0.6 is 0 Å². The van der Waals surface area contributed by atoms with E-state index in [9.17, 15) is 0 Å². The molecule has 5 aromatic rings. The molecule has 194 valence electrons. The fourth-order valence-electron chi connectivity index (χ4n) is 6.06. The molecule has 1 unspecified atom stereocenters. The van der Waals surface area contributed by atoms with Gasteiger partial charge in [-0.25, -0.2) is 4.98 Å². The van der Waals surface area contributed by atoms with Gasteiger partial charge < -0.3 is 14.4 Å². The topological polar surface area (TPSA) is 51.4 Å². The normalized spacial score (nSPS) is 16.8. The van der Waals surface area contributed by atoms with E-state index in [-0.39, 0.29) is 0 Å². The fraction of sp³-hybridized carbons (Fsp3) is 0.212. The molecule has 7 rings (SSSR count). The summed E-state index contributed by atoms with van der Waals surface area (Å²) in [5, 5.41) is 0. The lowest BCUT2D eigenvalue weighted by atomic mass is 9.77. The molecule has 0 radical (unpaired) electrons. The van der Waals surface area contributed by atoms with Crippen molar-refractivity contribution in [2.75, 3.05) is 18.0 Å². The third-order valence-corrected chi connectivity index (χ3v) is 7.83. The minimum absolute atomic E-state index is 0.730. The first-order chi connectivity index (χ1) is 19.1. The minimum atomic E-state index is -0.987. The lowest BCUT2D eigenvalue weighted by Crippen LogP contribution is -2.42. The zero-order chi connectivity index (χ0) is 26.7. The van der Waals surface area contributed by atoms with E-state index in [0.717, 1.165) is 81.0 Å². The Bertz CT molecular complexity index is 1780. The summed E-state index contributed by atoms with van der Waals surface area (Å²) in [6.07, 6.45) is 3.87. The molecule has 3 aromatic carbocycles. The number of hydrogen-bond donors (Lipinski definition) is 0. The monoisotopic (exact) mass is 514 g/mol. The van der Waals surface area contributed by atoms with Crippen molar-refractivity contribution in [1.29, 1.82) is 0 Å². The van der Waals surface area contributed by atoms with Gasteiger partial charge in [-0.2, -0.15) is 0 Å². The second-order valence-corrected chi connectivity index (χ2v) is 10.0. The third kappa shape index (κ3) is 3.34. The number of rotatable bonds is 4. The van der Waals surface area contributed by atoms with Crippen LogP contribution in [0.15, 0.2) is 84.0 Å². The SMILES string of the molecule is C/C=N/c1ccc2c(c1)Oc1ccc(N(CC)CC)cc1C21Oc2ccc(C)cc2-c2nc3ccccn3c21. The molecule has 1 spiro atoms. The predicted octanol–water partition coefficient (Wildman–Crippen LogP) is 7.67. The van der Waals surface area contributed by atoms with E-state index in [1.165, 1.54) is 0 Å². The second-order valence-electron chi connectivity index (χ2n) is 10.0. The zero-order valence-corrected chi connectivity index (χ0v) is 22.6. The van der Waals surface area contributed by atoms with Crippen LogP contribution in [0.4, 0.5) is 11.4 Å². The highest BCUT2D eigenvalue weighted by molar-refractivity contribution is 5.81. The van der Waals surface area contributed by atoms with Gasteiger partial charge in [-0.3, -0.25) is 9.39 Å². The number of hydrogen-bond acceptors (Lipinski definition) is 5.